The van der Waals surface area contributed by atoms with Crippen LogP contribution in [-0.4, -0.2) is 29.9 Å². The fourth-order valence-corrected chi connectivity index (χ4v) is 3.85. The molecule has 1 aliphatic carbocycles. The lowest BCUT2D eigenvalue weighted by molar-refractivity contribution is -0.132. The Kier molecular flexibility index (Phi) is 6.49. The summed E-state index contributed by atoms with van der Waals surface area (Å²) in [4.78, 5) is 14.6. The van der Waals surface area contributed by atoms with Crippen LogP contribution >= 0.6 is 12.4 Å². The van der Waals surface area contributed by atoms with E-state index in [-0.39, 0.29) is 24.4 Å². The summed E-state index contributed by atoms with van der Waals surface area (Å²) in [5.74, 6) is 0.724. The number of nitrogens with two attached hydrogens (primary N) is 1. The first kappa shape index (κ1) is 18.3. The summed E-state index contributed by atoms with van der Waals surface area (Å²) in [6.07, 6.45) is 7.74. The van der Waals surface area contributed by atoms with Crippen molar-refractivity contribution in [3.05, 3.63) is 34.9 Å². The normalized spacial score (nSPS) is 22.0. The van der Waals surface area contributed by atoms with Crippen molar-refractivity contribution in [1.82, 2.24) is 4.90 Å². The Bertz CT molecular complexity index is 544. The third kappa shape index (κ3) is 4.48. The van der Waals surface area contributed by atoms with E-state index in [4.69, 9.17) is 5.73 Å². The summed E-state index contributed by atoms with van der Waals surface area (Å²) in [6, 6.07) is 6.83. The SMILES string of the molecule is CC(N)C1CCCN(C(=O)Cc2ccc3c(c2)CCCC3)C1.Cl. The van der Waals surface area contributed by atoms with Gasteiger partial charge in [0.2, 0.25) is 5.91 Å². The molecule has 1 heterocycles. The molecule has 1 aromatic rings. The van der Waals surface area contributed by atoms with Gasteiger partial charge in [0.25, 0.3) is 0 Å². The molecule has 2 unspecified atom stereocenters. The average Bonchev–Trinajstić information content (AvgIpc) is 2.55. The summed E-state index contributed by atoms with van der Waals surface area (Å²) < 4.78 is 0. The molecule has 1 saturated heterocycles. The number of hydrogen-bond donors (Lipinski definition) is 1. The van der Waals surface area contributed by atoms with E-state index < -0.39 is 0 Å². The minimum absolute atomic E-state index is 0. The van der Waals surface area contributed by atoms with Gasteiger partial charge in [-0.1, -0.05) is 18.2 Å². The van der Waals surface area contributed by atoms with E-state index in [2.05, 4.69) is 25.1 Å². The van der Waals surface area contributed by atoms with Crippen molar-refractivity contribution in [2.75, 3.05) is 13.1 Å². The third-order valence-electron chi connectivity index (χ3n) is 5.32. The zero-order chi connectivity index (χ0) is 15.5. The number of likely N-dealkylation sites (tertiary alicyclic amines) is 1. The lowest BCUT2D eigenvalue weighted by Crippen LogP contribution is -2.45. The fourth-order valence-electron chi connectivity index (χ4n) is 3.85. The van der Waals surface area contributed by atoms with Crippen molar-refractivity contribution in [2.24, 2.45) is 11.7 Å². The van der Waals surface area contributed by atoms with Crippen LogP contribution in [0.15, 0.2) is 18.2 Å². The van der Waals surface area contributed by atoms with E-state index in [1.165, 1.54) is 42.4 Å². The molecule has 2 atom stereocenters. The molecule has 0 spiro atoms. The number of hydrogen-bond acceptors (Lipinski definition) is 2. The fraction of sp³-hybridized carbons (Fsp3) is 0.632. The molecule has 2 N–H and O–H groups in total. The van der Waals surface area contributed by atoms with Crippen LogP contribution in [-0.2, 0) is 24.1 Å². The first-order valence-electron chi connectivity index (χ1n) is 8.77. The highest BCUT2D eigenvalue weighted by molar-refractivity contribution is 5.85. The molecule has 2 aliphatic rings. The summed E-state index contributed by atoms with van der Waals surface area (Å²) in [5, 5.41) is 0. The largest absolute Gasteiger partial charge is 0.342 e. The summed E-state index contributed by atoms with van der Waals surface area (Å²) in [5.41, 5.74) is 10.1. The van der Waals surface area contributed by atoms with Crippen molar-refractivity contribution >= 4 is 18.3 Å². The molecule has 1 amide bonds. The molecule has 0 saturated carbocycles. The molecule has 1 aromatic carbocycles. The molecular weight excluding hydrogens is 308 g/mol. The molecule has 1 aliphatic heterocycles. The molecule has 0 aromatic heterocycles. The molecule has 4 heteroatoms. The van der Waals surface area contributed by atoms with Crippen molar-refractivity contribution in [3.8, 4) is 0 Å². The number of halogens is 1. The monoisotopic (exact) mass is 336 g/mol. The van der Waals surface area contributed by atoms with Gasteiger partial charge >= 0.3 is 0 Å². The van der Waals surface area contributed by atoms with Gasteiger partial charge in [-0.15, -0.1) is 12.4 Å². The number of carbonyl (C=O) groups excluding carboxylic acids is 1. The van der Waals surface area contributed by atoms with Crippen LogP contribution in [0, 0.1) is 5.92 Å². The minimum Gasteiger partial charge on any atom is -0.342 e. The number of piperidine rings is 1. The first-order valence-corrected chi connectivity index (χ1v) is 8.77. The molecule has 0 radical (unpaired) electrons. The molecule has 0 bridgehead atoms. The number of aryl methyl sites for hydroxylation is 2. The van der Waals surface area contributed by atoms with Gasteiger partial charge in [0.1, 0.15) is 0 Å². The van der Waals surface area contributed by atoms with E-state index in [1.54, 1.807) is 0 Å². The lowest BCUT2D eigenvalue weighted by Gasteiger charge is -2.34. The van der Waals surface area contributed by atoms with Crippen LogP contribution in [0.1, 0.15) is 49.3 Å². The Morgan fingerprint density at radius 1 is 1.26 bits per heavy atom. The second-order valence-electron chi connectivity index (χ2n) is 7.09. The highest BCUT2D eigenvalue weighted by atomic mass is 35.5. The van der Waals surface area contributed by atoms with Crippen LogP contribution in [0.5, 0.6) is 0 Å². The Balaban J connectivity index is 0.00000192. The molecule has 3 rings (SSSR count). The predicted molar refractivity (Wildman–Crippen MR) is 97.0 cm³/mol. The highest BCUT2D eigenvalue weighted by Crippen LogP contribution is 2.23. The second-order valence-corrected chi connectivity index (χ2v) is 7.09. The van der Waals surface area contributed by atoms with Gasteiger partial charge in [0.05, 0.1) is 6.42 Å². The number of benzene rings is 1. The van der Waals surface area contributed by atoms with Gasteiger partial charge in [0, 0.05) is 19.1 Å². The van der Waals surface area contributed by atoms with Gasteiger partial charge in [-0.05, 0) is 68.1 Å². The summed E-state index contributed by atoms with van der Waals surface area (Å²) in [7, 11) is 0. The van der Waals surface area contributed by atoms with Crippen LogP contribution in [0.2, 0.25) is 0 Å². The van der Waals surface area contributed by atoms with Crippen LogP contribution < -0.4 is 5.73 Å². The van der Waals surface area contributed by atoms with Gasteiger partial charge in [0.15, 0.2) is 0 Å². The quantitative estimate of drug-likeness (QED) is 0.921. The molecular formula is C19H29ClN2O. The average molecular weight is 337 g/mol. The first-order chi connectivity index (χ1) is 10.6. The van der Waals surface area contributed by atoms with Gasteiger partial charge in [-0.3, -0.25) is 4.79 Å². The number of amides is 1. The van der Waals surface area contributed by atoms with Gasteiger partial charge < -0.3 is 10.6 Å². The van der Waals surface area contributed by atoms with E-state index in [9.17, 15) is 4.79 Å². The molecule has 3 nitrogen and oxygen atoms in total. The zero-order valence-electron chi connectivity index (χ0n) is 14.1. The van der Waals surface area contributed by atoms with Crippen LogP contribution in [0.4, 0.5) is 0 Å². The van der Waals surface area contributed by atoms with Crippen LogP contribution in [0.3, 0.4) is 0 Å². The maximum Gasteiger partial charge on any atom is 0.226 e. The minimum atomic E-state index is 0. The number of carbonyl (C=O) groups is 1. The Morgan fingerprint density at radius 2 is 2.00 bits per heavy atom. The highest BCUT2D eigenvalue weighted by Gasteiger charge is 2.25. The molecule has 128 valence electrons. The smallest absolute Gasteiger partial charge is 0.226 e. The van der Waals surface area contributed by atoms with E-state index in [0.29, 0.717) is 12.3 Å². The van der Waals surface area contributed by atoms with E-state index in [1.807, 2.05) is 4.90 Å². The lowest BCUT2D eigenvalue weighted by atomic mass is 9.89. The number of rotatable bonds is 3. The number of nitrogens with zero attached hydrogens (tertiary/aromatic N) is 1. The van der Waals surface area contributed by atoms with E-state index >= 15 is 0 Å². The summed E-state index contributed by atoms with van der Waals surface area (Å²) >= 11 is 0. The Morgan fingerprint density at radius 3 is 2.74 bits per heavy atom. The van der Waals surface area contributed by atoms with Crippen molar-refractivity contribution in [1.29, 1.82) is 0 Å². The Hall–Kier alpha value is -1.06. The zero-order valence-corrected chi connectivity index (χ0v) is 14.9. The van der Waals surface area contributed by atoms with Crippen molar-refractivity contribution < 1.29 is 4.79 Å². The number of fused-ring (bicyclic) bond motifs is 1. The van der Waals surface area contributed by atoms with E-state index in [0.717, 1.165) is 25.9 Å². The maximum absolute atomic E-state index is 12.6. The Labute approximate surface area is 146 Å². The van der Waals surface area contributed by atoms with Gasteiger partial charge in [-0.2, -0.15) is 0 Å². The standard InChI is InChI=1S/C19H28N2O.ClH/c1-14(20)18-7-4-10-21(13-18)19(22)12-15-8-9-16-5-2-3-6-17(16)11-15;/h8-9,11,14,18H,2-7,10,12-13,20H2,1H3;1H. The van der Waals surface area contributed by atoms with Crippen LogP contribution in [0.25, 0.3) is 0 Å². The topological polar surface area (TPSA) is 46.3 Å². The van der Waals surface area contributed by atoms with Crippen molar-refractivity contribution in [2.45, 2.75) is 57.9 Å². The summed E-state index contributed by atoms with van der Waals surface area (Å²) in [6.45, 7) is 3.79. The predicted octanol–water partition coefficient (Wildman–Crippen LogP) is 3.12. The molecule has 1 fully saturated rings. The maximum atomic E-state index is 12.6. The van der Waals surface area contributed by atoms with Crippen molar-refractivity contribution in [3.63, 3.8) is 0 Å². The third-order valence-corrected chi connectivity index (χ3v) is 5.32. The van der Waals surface area contributed by atoms with Gasteiger partial charge in [-0.25, -0.2) is 0 Å². The molecule has 23 heavy (non-hydrogen) atoms. The second kappa shape index (κ2) is 8.16.